The summed E-state index contributed by atoms with van der Waals surface area (Å²) in [5.74, 6) is 6.88. The Morgan fingerprint density at radius 2 is 1.50 bits per heavy atom. The van der Waals surface area contributed by atoms with Crippen molar-refractivity contribution in [2.45, 2.75) is 52.4 Å². The van der Waals surface area contributed by atoms with E-state index in [4.69, 9.17) is 0 Å². The molecular formula is C14H24. The van der Waals surface area contributed by atoms with Gasteiger partial charge in [0, 0.05) is 0 Å². The third kappa shape index (κ3) is 1.12. The van der Waals surface area contributed by atoms with Crippen LogP contribution in [0.1, 0.15) is 52.4 Å². The standard InChI is InChI=1S/C14H24/c1-3-9(4-2)13-7-12-6-10-5-11(13)8-14(10)12/h9-14H,3-8H2,1-2H3. The van der Waals surface area contributed by atoms with Crippen LogP contribution in [0.5, 0.6) is 0 Å². The van der Waals surface area contributed by atoms with Gasteiger partial charge in [-0.2, -0.15) is 0 Å². The fourth-order valence-corrected chi connectivity index (χ4v) is 5.05. The fraction of sp³-hybridized carbons (Fsp3) is 1.00. The summed E-state index contributed by atoms with van der Waals surface area (Å²) in [5, 5.41) is 0. The molecule has 2 bridgehead atoms. The second-order valence-electron chi connectivity index (χ2n) is 6.13. The molecular weight excluding hydrogens is 168 g/mol. The lowest BCUT2D eigenvalue weighted by Crippen LogP contribution is -2.37. The molecule has 3 fully saturated rings. The zero-order valence-corrected chi connectivity index (χ0v) is 9.71. The molecule has 0 aromatic carbocycles. The molecule has 0 saturated heterocycles. The third-order valence-electron chi connectivity index (χ3n) is 5.83. The molecule has 3 aliphatic carbocycles. The van der Waals surface area contributed by atoms with E-state index in [-0.39, 0.29) is 0 Å². The summed E-state index contributed by atoms with van der Waals surface area (Å²) in [6.07, 6.45) is 9.31. The predicted octanol–water partition coefficient (Wildman–Crippen LogP) is 4.10. The van der Waals surface area contributed by atoms with Crippen LogP contribution < -0.4 is 0 Å². The maximum atomic E-state index is 2.40. The van der Waals surface area contributed by atoms with Crippen LogP contribution >= 0.6 is 0 Å². The highest BCUT2D eigenvalue weighted by molar-refractivity contribution is 5.04. The van der Waals surface area contributed by atoms with Crippen LogP contribution in [-0.4, -0.2) is 0 Å². The van der Waals surface area contributed by atoms with Crippen molar-refractivity contribution in [1.29, 1.82) is 0 Å². The number of hydrogen-bond donors (Lipinski definition) is 0. The Kier molecular flexibility index (Phi) is 2.15. The van der Waals surface area contributed by atoms with Gasteiger partial charge in [-0.05, 0) is 61.2 Å². The minimum absolute atomic E-state index is 1.06. The Labute approximate surface area is 88.5 Å². The smallest absolute Gasteiger partial charge is 0.0354 e. The van der Waals surface area contributed by atoms with Gasteiger partial charge in [0.1, 0.15) is 0 Å². The van der Waals surface area contributed by atoms with Crippen molar-refractivity contribution < 1.29 is 0 Å². The first-order valence-corrected chi connectivity index (χ1v) is 6.83. The molecule has 0 aromatic rings. The van der Waals surface area contributed by atoms with E-state index in [1.165, 1.54) is 30.6 Å². The topological polar surface area (TPSA) is 0 Å². The minimum Gasteiger partial charge on any atom is -0.0651 e. The van der Waals surface area contributed by atoms with Gasteiger partial charge in [0.2, 0.25) is 0 Å². The molecule has 5 unspecified atom stereocenters. The Bertz CT molecular complexity index is 214. The molecule has 0 N–H and O–H groups in total. The van der Waals surface area contributed by atoms with Crippen molar-refractivity contribution in [2.24, 2.45) is 35.5 Å². The highest BCUT2D eigenvalue weighted by Gasteiger charge is 2.54. The largest absolute Gasteiger partial charge is 0.0651 e. The third-order valence-corrected chi connectivity index (χ3v) is 5.83. The molecule has 3 saturated carbocycles. The predicted molar refractivity (Wildman–Crippen MR) is 60.0 cm³/mol. The first-order valence-electron chi connectivity index (χ1n) is 6.83. The molecule has 80 valence electrons. The van der Waals surface area contributed by atoms with Crippen LogP contribution in [0.4, 0.5) is 0 Å². The van der Waals surface area contributed by atoms with Gasteiger partial charge in [-0.1, -0.05) is 26.7 Å². The Morgan fingerprint density at radius 1 is 0.857 bits per heavy atom. The van der Waals surface area contributed by atoms with E-state index in [0.717, 1.165) is 17.8 Å². The van der Waals surface area contributed by atoms with Crippen molar-refractivity contribution >= 4 is 0 Å². The van der Waals surface area contributed by atoms with E-state index in [1.54, 1.807) is 25.7 Å². The molecule has 0 aliphatic heterocycles. The monoisotopic (exact) mass is 192 g/mol. The minimum atomic E-state index is 1.06. The molecule has 0 nitrogen and oxygen atoms in total. The van der Waals surface area contributed by atoms with Gasteiger partial charge in [0.15, 0.2) is 0 Å². The summed E-state index contributed by atoms with van der Waals surface area (Å²) in [6, 6.07) is 0. The van der Waals surface area contributed by atoms with E-state index < -0.39 is 0 Å². The SMILES string of the molecule is CCC(CC)C1CC2CC3CC1CC32. The van der Waals surface area contributed by atoms with Gasteiger partial charge < -0.3 is 0 Å². The molecule has 0 heteroatoms. The van der Waals surface area contributed by atoms with E-state index in [1.807, 2.05) is 0 Å². The molecule has 0 amide bonds. The van der Waals surface area contributed by atoms with Gasteiger partial charge in [0.25, 0.3) is 0 Å². The van der Waals surface area contributed by atoms with Gasteiger partial charge >= 0.3 is 0 Å². The van der Waals surface area contributed by atoms with Gasteiger partial charge in [-0.25, -0.2) is 0 Å². The second kappa shape index (κ2) is 3.25. The Hall–Kier alpha value is 0. The molecule has 5 atom stereocenters. The maximum absolute atomic E-state index is 2.40. The lowest BCUT2D eigenvalue weighted by Gasteiger charge is -2.45. The molecule has 3 aliphatic rings. The van der Waals surface area contributed by atoms with Crippen LogP contribution in [0.15, 0.2) is 0 Å². The zero-order chi connectivity index (χ0) is 9.71. The average Bonchev–Trinajstić information content (AvgIpc) is 2.36. The number of hydrogen-bond acceptors (Lipinski definition) is 0. The molecule has 0 aromatic heterocycles. The molecule has 14 heavy (non-hydrogen) atoms. The van der Waals surface area contributed by atoms with Crippen LogP contribution in [0.3, 0.4) is 0 Å². The highest BCUT2D eigenvalue weighted by Crippen LogP contribution is 2.63. The van der Waals surface area contributed by atoms with E-state index in [0.29, 0.717) is 0 Å². The summed E-state index contributed by atoms with van der Waals surface area (Å²) in [7, 11) is 0. The summed E-state index contributed by atoms with van der Waals surface area (Å²) in [6.45, 7) is 4.80. The summed E-state index contributed by atoms with van der Waals surface area (Å²) < 4.78 is 0. The molecule has 0 radical (unpaired) electrons. The molecule has 3 rings (SSSR count). The molecule has 0 heterocycles. The zero-order valence-electron chi connectivity index (χ0n) is 9.71. The lowest BCUT2D eigenvalue weighted by molar-refractivity contribution is 0.0417. The summed E-state index contributed by atoms with van der Waals surface area (Å²) in [5.41, 5.74) is 0. The second-order valence-corrected chi connectivity index (χ2v) is 6.13. The van der Waals surface area contributed by atoms with Gasteiger partial charge in [-0.3, -0.25) is 0 Å². The quantitative estimate of drug-likeness (QED) is 0.631. The average molecular weight is 192 g/mol. The van der Waals surface area contributed by atoms with Crippen molar-refractivity contribution in [1.82, 2.24) is 0 Å². The van der Waals surface area contributed by atoms with Crippen molar-refractivity contribution in [3.8, 4) is 0 Å². The number of rotatable bonds is 3. The van der Waals surface area contributed by atoms with Crippen LogP contribution in [0, 0.1) is 35.5 Å². The lowest BCUT2D eigenvalue weighted by atomic mass is 9.60. The van der Waals surface area contributed by atoms with Crippen LogP contribution in [0.2, 0.25) is 0 Å². The van der Waals surface area contributed by atoms with E-state index >= 15 is 0 Å². The van der Waals surface area contributed by atoms with Crippen molar-refractivity contribution in [2.75, 3.05) is 0 Å². The maximum Gasteiger partial charge on any atom is -0.0354 e. The fourth-order valence-electron chi connectivity index (χ4n) is 5.05. The Balaban J connectivity index is 1.75. The summed E-state index contributed by atoms with van der Waals surface area (Å²) in [4.78, 5) is 0. The van der Waals surface area contributed by atoms with Crippen LogP contribution in [0.25, 0.3) is 0 Å². The van der Waals surface area contributed by atoms with Crippen molar-refractivity contribution in [3.05, 3.63) is 0 Å². The Morgan fingerprint density at radius 3 is 2.21 bits per heavy atom. The van der Waals surface area contributed by atoms with Crippen molar-refractivity contribution in [3.63, 3.8) is 0 Å². The van der Waals surface area contributed by atoms with Gasteiger partial charge in [-0.15, -0.1) is 0 Å². The normalized spacial score (nSPS) is 49.5. The summed E-state index contributed by atoms with van der Waals surface area (Å²) >= 11 is 0. The first kappa shape index (κ1) is 9.24. The number of fused-ring (bicyclic) bond motifs is 1. The van der Waals surface area contributed by atoms with Gasteiger partial charge in [0.05, 0.1) is 0 Å². The van der Waals surface area contributed by atoms with E-state index in [9.17, 15) is 0 Å². The van der Waals surface area contributed by atoms with Crippen LogP contribution in [-0.2, 0) is 0 Å². The highest BCUT2D eigenvalue weighted by atomic mass is 14.6. The molecule has 0 spiro atoms. The first-order chi connectivity index (χ1) is 6.83. The van der Waals surface area contributed by atoms with E-state index in [2.05, 4.69) is 13.8 Å².